The molecule has 1 N–H and O–H groups in total. The second kappa shape index (κ2) is 6.19. The van der Waals surface area contributed by atoms with Crippen molar-refractivity contribution in [2.75, 3.05) is 19.6 Å². The first kappa shape index (κ1) is 14.1. The van der Waals surface area contributed by atoms with E-state index in [2.05, 4.69) is 12.2 Å². The molecule has 1 saturated heterocycles. The number of rotatable bonds is 3. The highest BCUT2D eigenvalue weighted by atomic mass is 32.1. The van der Waals surface area contributed by atoms with E-state index in [0.717, 1.165) is 24.4 Å². The number of likely N-dealkylation sites (tertiary alicyclic amines) is 1. The van der Waals surface area contributed by atoms with E-state index in [-0.39, 0.29) is 18.4 Å². The number of nitrogens with one attached hydrogen (secondary N) is 1. The van der Waals surface area contributed by atoms with E-state index in [0.29, 0.717) is 10.8 Å². The third-order valence-corrected chi connectivity index (χ3v) is 4.37. The fraction of sp³-hybridized carbons (Fsp3) is 0.571. The molecule has 0 aromatic carbocycles. The largest absolute Gasteiger partial charge is 0.342 e. The van der Waals surface area contributed by atoms with Crippen LogP contribution in [0.25, 0.3) is 0 Å². The van der Waals surface area contributed by atoms with Gasteiger partial charge in [-0.3, -0.25) is 9.59 Å². The normalized spacial score (nSPS) is 19.3. The molecule has 1 aromatic heterocycles. The Morgan fingerprint density at radius 1 is 1.47 bits per heavy atom. The van der Waals surface area contributed by atoms with Crippen LogP contribution in [0.2, 0.25) is 0 Å². The molecule has 5 heteroatoms. The molecule has 1 aromatic rings. The molecule has 4 nitrogen and oxygen atoms in total. The van der Waals surface area contributed by atoms with Crippen molar-refractivity contribution in [1.82, 2.24) is 10.2 Å². The highest BCUT2D eigenvalue weighted by Crippen LogP contribution is 2.16. The van der Waals surface area contributed by atoms with E-state index >= 15 is 0 Å². The number of piperidine rings is 1. The number of thiophene rings is 1. The maximum absolute atomic E-state index is 12.0. The lowest BCUT2D eigenvalue weighted by atomic mass is 10.0. The summed E-state index contributed by atoms with van der Waals surface area (Å²) in [6.07, 6.45) is 2.25. The number of hydrogen-bond acceptors (Lipinski definition) is 3. The zero-order valence-corrected chi connectivity index (χ0v) is 12.3. The van der Waals surface area contributed by atoms with Gasteiger partial charge >= 0.3 is 0 Å². The molecule has 2 heterocycles. The first-order valence-corrected chi connectivity index (χ1v) is 7.50. The first-order valence-electron chi connectivity index (χ1n) is 6.68. The maximum atomic E-state index is 12.0. The Balaban J connectivity index is 1.81. The molecule has 2 amide bonds. The topological polar surface area (TPSA) is 49.4 Å². The van der Waals surface area contributed by atoms with Gasteiger partial charge in [0, 0.05) is 18.0 Å². The lowest BCUT2D eigenvalue weighted by Crippen LogP contribution is -2.44. The van der Waals surface area contributed by atoms with E-state index in [1.165, 1.54) is 17.8 Å². The average Bonchev–Trinajstić information content (AvgIpc) is 2.82. The Morgan fingerprint density at radius 2 is 2.26 bits per heavy atom. The standard InChI is InChI=1S/C14H20N2O2S/c1-10-4-3-7-16(9-10)13(17)8-15-14(18)12-6-5-11(2)19-12/h5-6,10H,3-4,7-9H2,1-2H3,(H,15,18). The summed E-state index contributed by atoms with van der Waals surface area (Å²) in [5.41, 5.74) is 0. The number of carbonyl (C=O) groups is 2. The molecular formula is C14H20N2O2S. The fourth-order valence-corrected chi connectivity index (χ4v) is 3.11. The van der Waals surface area contributed by atoms with Crippen LogP contribution in [0.3, 0.4) is 0 Å². The van der Waals surface area contributed by atoms with Crippen LogP contribution < -0.4 is 5.32 Å². The van der Waals surface area contributed by atoms with Crippen molar-refractivity contribution in [3.05, 3.63) is 21.9 Å². The van der Waals surface area contributed by atoms with Gasteiger partial charge in [-0.25, -0.2) is 0 Å². The van der Waals surface area contributed by atoms with Gasteiger partial charge in [-0.2, -0.15) is 0 Å². The minimum absolute atomic E-state index is 0.0215. The van der Waals surface area contributed by atoms with Crippen LogP contribution in [-0.2, 0) is 4.79 Å². The fourth-order valence-electron chi connectivity index (χ4n) is 2.33. The van der Waals surface area contributed by atoms with Gasteiger partial charge in [0.1, 0.15) is 0 Å². The van der Waals surface area contributed by atoms with Crippen LogP contribution >= 0.6 is 11.3 Å². The van der Waals surface area contributed by atoms with E-state index < -0.39 is 0 Å². The Morgan fingerprint density at radius 3 is 2.89 bits per heavy atom. The van der Waals surface area contributed by atoms with Crippen molar-refractivity contribution in [2.24, 2.45) is 5.92 Å². The number of amides is 2. The van der Waals surface area contributed by atoms with Crippen molar-refractivity contribution < 1.29 is 9.59 Å². The molecule has 1 atom stereocenters. The van der Waals surface area contributed by atoms with Crippen molar-refractivity contribution in [3.8, 4) is 0 Å². The summed E-state index contributed by atoms with van der Waals surface area (Å²) in [6, 6.07) is 3.70. The third kappa shape index (κ3) is 3.80. The van der Waals surface area contributed by atoms with Gasteiger partial charge < -0.3 is 10.2 Å². The van der Waals surface area contributed by atoms with Gasteiger partial charge in [-0.1, -0.05) is 6.92 Å². The molecule has 1 fully saturated rings. The molecule has 0 aliphatic carbocycles. The molecule has 2 rings (SSSR count). The molecule has 0 radical (unpaired) electrons. The Labute approximate surface area is 117 Å². The lowest BCUT2D eigenvalue weighted by Gasteiger charge is -2.30. The number of carbonyl (C=O) groups excluding carboxylic acids is 2. The molecule has 1 aliphatic heterocycles. The summed E-state index contributed by atoms with van der Waals surface area (Å²) in [6.45, 7) is 5.85. The van der Waals surface area contributed by atoms with Crippen LogP contribution in [0.1, 0.15) is 34.3 Å². The van der Waals surface area contributed by atoms with Gasteiger partial charge in [-0.15, -0.1) is 11.3 Å². The minimum atomic E-state index is -0.156. The molecule has 19 heavy (non-hydrogen) atoms. The molecule has 0 saturated carbocycles. The van der Waals surface area contributed by atoms with Gasteiger partial charge in [0.05, 0.1) is 11.4 Å². The minimum Gasteiger partial charge on any atom is -0.342 e. The van der Waals surface area contributed by atoms with Crippen molar-refractivity contribution >= 4 is 23.2 Å². The summed E-state index contributed by atoms with van der Waals surface area (Å²) >= 11 is 1.45. The Hall–Kier alpha value is -1.36. The van der Waals surface area contributed by atoms with Crippen LogP contribution in [0.15, 0.2) is 12.1 Å². The maximum Gasteiger partial charge on any atom is 0.261 e. The molecule has 104 valence electrons. The SMILES string of the molecule is Cc1ccc(C(=O)NCC(=O)N2CCCC(C)C2)s1. The Bertz CT molecular complexity index is 470. The summed E-state index contributed by atoms with van der Waals surface area (Å²) < 4.78 is 0. The van der Waals surface area contributed by atoms with E-state index in [1.807, 2.05) is 17.9 Å². The van der Waals surface area contributed by atoms with Gasteiger partial charge in [0.15, 0.2) is 0 Å². The number of hydrogen-bond donors (Lipinski definition) is 1. The highest BCUT2D eigenvalue weighted by molar-refractivity contribution is 7.13. The zero-order valence-electron chi connectivity index (χ0n) is 11.4. The van der Waals surface area contributed by atoms with E-state index in [1.54, 1.807) is 6.07 Å². The number of aryl methyl sites for hydroxylation is 1. The van der Waals surface area contributed by atoms with Crippen LogP contribution in [0.5, 0.6) is 0 Å². The van der Waals surface area contributed by atoms with Crippen molar-refractivity contribution in [3.63, 3.8) is 0 Å². The molecule has 1 unspecified atom stereocenters. The highest BCUT2D eigenvalue weighted by Gasteiger charge is 2.21. The van der Waals surface area contributed by atoms with Crippen LogP contribution in [0, 0.1) is 12.8 Å². The van der Waals surface area contributed by atoms with Crippen LogP contribution in [0.4, 0.5) is 0 Å². The van der Waals surface area contributed by atoms with E-state index in [4.69, 9.17) is 0 Å². The average molecular weight is 280 g/mol. The Kier molecular flexibility index (Phi) is 4.58. The van der Waals surface area contributed by atoms with Gasteiger partial charge in [0.25, 0.3) is 5.91 Å². The monoisotopic (exact) mass is 280 g/mol. The zero-order chi connectivity index (χ0) is 13.8. The number of nitrogens with zero attached hydrogens (tertiary/aromatic N) is 1. The smallest absolute Gasteiger partial charge is 0.261 e. The molecule has 1 aliphatic rings. The quantitative estimate of drug-likeness (QED) is 0.921. The summed E-state index contributed by atoms with van der Waals surface area (Å²) in [5, 5.41) is 2.70. The summed E-state index contributed by atoms with van der Waals surface area (Å²) in [7, 11) is 0. The van der Waals surface area contributed by atoms with Crippen molar-refractivity contribution in [1.29, 1.82) is 0 Å². The molecule has 0 spiro atoms. The second-order valence-electron chi connectivity index (χ2n) is 5.18. The van der Waals surface area contributed by atoms with Gasteiger partial charge in [0.2, 0.25) is 5.91 Å². The predicted molar refractivity (Wildman–Crippen MR) is 76.4 cm³/mol. The summed E-state index contributed by atoms with van der Waals surface area (Å²) in [5.74, 6) is 0.429. The summed E-state index contributed by atoms with van der Waals surface area (Å²) in [4.78, 5) is 27.5. The van der Waals surface area contributed by atoms with Gasteiger partial charge in [-0.05, 0) is 37.8 Å². The predicted octanol–water partition coefficient (Wildman–Crippen LogP) is 2.04. The third-order valence-electron chi connectivity index (χ3n) is 3.37. The molecular weight excluding hydrogens is 260 g/mol. The van der Waals surface area contributed by atoms with Crippen LogP contribution in [-0.4, -0.2) is 36.3 Å². The molecule has 0 bridgehead atoms. The van der Waals surface area contributed by atoms with E-state index in [9.17, 15) is 9.59 Å². The first-order chi connectivity index (χ1) is 9.06. The lowest BCUT2D eigenvalue weighted by molar-refractivity contribution is -0.131. The van der Waals surface area contributed by atoms with Crippen molar-refractivity contribution in [2.45, 2.75) is 26.7 Å². The second-order valence-corrected chi connectivity index (χ2v) is 6.47.